The summed E-state index contributed by atoms with van der Waals surface area (Å²) in [5.41, 5.74) is 6.06. The standard InChI is InChI=1S/C15H23N5O3S/c1-18(2)24(22,23)19-8-11-3-5-13(10-19)20(9-11)15(21)12-4-6-14(16)17-7-12/h4,6-7,11,13H,3,5,8-10H2,1-2H3,(H2,16,17)/t11-,13+/m1/s1. The summed E-state index contributed by atoms with van der Waals surface area (Å²) in [5.74, 6) is 0.414. The molecule has 0 saturated carbocycles. The molecule has 1 aromatic heterocycles. The number of carbonyl (C=O) groups is 1. The van der Waals surface area contributed by atoms with E-state index in [1.165, 1.54) is 28.9 Å². The van der Waals surface area contributed by atoms with E-state index in [-0.39, 0.29) is 17.9 Å². The third-order valence-corrected chi connectivity index (χ3v) is 6.64. The number of carbonyl (C=O) groups excluding carboxylic acids is 1. The minimum absolute atomic E-state index is 0.108. The molecular formula is C15H23N5O3S. The lowest BCUT2D eigenvalue weighted by atomic mass is 9.94. The zero-order valence-electron chi connectivity index (χ0n) is 13.9. The third-order valence-electron chi connectivity index (χ3n) is 4.76. The van der Waals surface area contributed by atoms with Gasteiger partial charge in [0.1, 0.15) is 5.82 Å². The first-order valence-corrected chi connectivity index (χ1v) is 9.39. The Morgan fingerprint density at radius 2 is 2.00 bits per heavy atom. The quantitative estimate of drug-likeness (QED) is 0.825. The van der Waals surface area contributed by atoms with Gasteiger partial charge in [0.15, 0.2) is 0 Å². The molecule has 3 aliphatic heterocycles. The molecule has 1 amide bonds. The van der Waals surface area contributed by atoms with Crippen molar-refractivity contribution in [3.05, 3.63) is 23.9 Å². The minimum atomic E-state index is -3.47. The zero-order valence-corrected chi connectivity index (χ0v) is 14.7. The molecule has 8 nitrogen and oxygen atoms in total. The lowest BCUT2D eigenvalue weighted by Crippen LogP contribution is -2.48. The van der Waals surface area contributed by atoms with Gasteiger partial charge in [-0.05, 0) is 30.9 Å². The van der Waals surface area contributed by atoms with E-state index >= 15 is 0 Å². The van der Waals surface area contributed by atoms with Crippen LogP contribution in [-0.2, 0) is 10.2 Å². The Morgan fingerprint density at radius 1 is 1.25 bits per heavy atom. The molecule has 0 spiro atoms. The molecule has 4 heterocycles. The fourth-order valence-corrected chi connectivity index (χ4v) is 4.63. The first-order chi connectivity index (χ1) is 11.3. The van der Waals surface area contributed by atoms with Crippen LogP contribution in [-0.4, -0.2) is 72.6 Å². The molecule has 2 atom stereocenters. The van der Waals surface area contributed by atoms with Crippen molar-refractivity contribution >= 4 is 21.9 Å². The predicted octanol–water partition coefficient (Wildman–Crippen LogP) is 0.00660. The van der Waals surface area contributed by atoms with Gasteiger partial charge >= 0.3 is 0 Å². The first-order valence-electron chi connectivity index (χ1n) is 7.99. The molecule has 9 heteroatoms. The van der Waals surface area contributed by atoms with Gasteiger partial charge in [0.25, 0.3) is 16.1 Å². The molecular weight excluding hydrogens is 330 g/mol. The van der Waals surface area contributed by atoms with Gasteiger partial charge in [0, 0.05) is 46.0 Å². The Hall–Kier alpha value is -1.71. The van der Waals surface area contributed by atoms with Crippen molar-refractivity contribution in [2.24, 2.45) is 5.92 Å². The third kappa shape index (κ3) is 3.11. The average molecular weight is 353 g/mol. The highest BCUT2D eigenvalue weighted by atomic mass is 32.2. The summed E-state index contributed by atoms with van der Waals surface area (Å²) in [4.78, 5) is 18.6. The van der Waals surface area contributed by atoms with E-state index in [1.54, 1.807) is 17.0 Å². The summed E-state index contributed by atoms with van der Waals surface area (Å²) < 4.78 is 27.7. The van der Waals surface area contributed by atoms with Gasteiger partial charge in [-0.1, -0.05) is 0 Å². The van der Waals surface area contributed by atoms with Crippen LogP contribution in [0.4, 0.5) is 5.82 Å². The summed E-state index contributed by atoms with van der Waals surface area (Å²) in [6, 6.07) is 3.16. The van der Waals surface area contributed by atoms with Crippen LogP contribution < -0.4 is 5.73 Å². The van der Waals surface area contributed by atoms with Crippen LogP contribution in [0.2, 0.25) is 0 Å². The predicted molar refractivity (Wildman–Crippen MR) is 90.4 cm³/mol. The molecule has 3 fully saturated rings. The van der Waals surface area contributed by atoms with Gasteiger partial charge in [-0.2, -0.15) is 17.0 Å². The topological polar surface area (TPSA) is 99.8 Å². The number of aromatic nitrogens is 1. The highest BCUT2D eigenvalue weighted by Crippen LogP contribution is 2.30. The molecule has 132 valence electrons. The molecule has 4 rings (SSSR count). The summed E-state index contributed by atoms with van der Waals surface area (Å²) in [6.07, 6.45) is 3.23. The van der Waals surface area contributed by atoms with E-state index in [0.29, 0.717) is 31.0 Å². The van der Waals surface area contributed by atoms with E-state index < -0.39 is 10.2 Å². The molecule has 0 unspecified atom stereocenters. The summed E-state index contributed by atoms with van der Waals surface area (Å²) in [5, 5.41) is 0. The number of rotatable bonds is 3. The Balaban J connectivity index is 1.83. The summed E-state index contributed by atoms with van der Waals surface area (Å²) in [7, 11) is -0.403. The Morgan fingerprint density at radius 3 is 2.62 bits per heavy atom. The van der Waals surface area contributed by atoms with Gasteiger partial charge in [-0.25, -0.2) is 4.98 Å². The van der Waals surface area contributed by atoms with Crippen LogP contribution in [0.3, 0.4) is 0 Å². The number of pyridine rings is 1. The number of hydrogen-bond acceptors (Lipinski definition) is 5. The Kier molecular flexibility index (Phi) is 4.50. The number of hydrogen-bond donors (Lipinski definition) is 1. The van der Waals surface area contributed by atoms with Crippen molar-refractivity contribution in [3.8, 4) is 0 Å². The lowest BCUT2D eigenvalue weighted by Gasteiger charge is -2.36. The number of nitrogens with two attached hydrogens (primary N) is 1. The maximum atomic E-state index is 12.8. The van der Waals surface area contributed by atoms with Gasteiger partial charge in [-0.3, -0.25) is 4.79 Å². The van der Waals surface area contributed by atoms with E-state index in [2.05, 4.69) is 4.98 Å². The van der Waals surface area contributed by atoms with Crippen molar-refractivity contribution in [3.63, 3.8) is 0 Å². The van der Waals surface area contributed by atoms with E-state index in [4.69, 9.17) is 5.73 Å². The normalized spacial score (nSPS) is 25.0. The van der Waals surface area contributed by atoms with Crippen LogP contribution in [0, 0.1) is 5.92 Å². The van der Waals surface area contributed by atoms with Gasteiger partial charge in [0.2, 0.25) is 0 Å². The smallest absolute Gasteiger partial charge is 0.281 e. The molecule has 3 aliphatic rings. The highest BCUT2D eigenvalue weighted by molar-refractivity contribution is 7.86. The van der Waals surface area contributed by atoms with Crippen LogP contribution in [0.5, 0.6) is 0 Å². The molecule has 0 aliphatic carbocycles. The maximum absolute atomic E-state index is 12.8. The second-order valence-corrected chi connectivity index (χ2v) is 8.78. The second-order valence-electron chi connectivity index (χ2n) is 6.63. The van der Waals surface area contributed by atoms with Crippen LogP contribution in [0.15, 0.2) is 18.3 Å². The number of amides is 1. The summed E-state index contributed by atoms with van der Waals surface area (Å²) in [6.45, 7) is 1.37. The van der Waals surface area contributed by atoms with E-state index in [0.717, 1.165) is 12.8 Å². The van der Waals surface area contributed by atoms with Gasteiger partial charge < -0.3 is 10.6 Å². The lowest BCUT2D eigenvalue weighted by molar-refractivity contribution is 0.0588. The Labute approximate surface area is 142 Å². The molecule has 0 aromatic carbocycles. The van der Waals surface area contributed by atoms with E-state index in [9.17, 15) is 13.2 Å². The number of anilines is 1. The molecule has 0 radical (unpaired) electrons. The maximum Gasteiger partial charge on any atom is 0.281 e. The number of nitrogen functional groups attached to an aromatic ring is 1. The second kappa shape index (κ2) is 6.30. The van der Waals surface area contributed by atoms with Crippen LogP contribution in [0.1, 0.15) is 23.2 Å². The van der Waals surface area contributed by atoms with Crippen molar-refractivity contribution in [1.29, 1.82) is 0 Å². The molecule has 3 saturated heterocycles. The van der Waals surface area contributed by atoms with Crippen molar-refractivity contribution in [1.82, 2.24) is 18.5 Å². The number of piperidine rings is 1. The fourth-order valence-electron chi connectivity index (χ4n) is 3.40. The number of fused-ring (bicyclic) bond motifs is 4. The number of nitrogens with zero attached hydrogens (tertiary/aromatic N) is 4. The SMILES string of the molecule is CN(C)S(=O)(=O)N1C[C@H]2CC[C@@H](C1)N(C(=O)c1ccc(N)nc1)C2. The minimum Gasteiger partial charge on any atom is -0.384 e. The largest absolute Gasteiger partial charge is 0.384 e. The molecule has 1 aromatic rings. The highest BCUT2D eigenvalue weighted by Gasteiger charge is 2.41. The summed E-state index contributed by atoms with van der Waals surface area (Å²) >= 11 is 0. The zero-order chi connectivity index (χ0) is 17.5. The van der Waals surface area contributed by atoms with Gasteiger partial charge in [0.05, 0.1) is 5.56 Å². The Bertz CT molecular complexity index is 719. The monoisotopic (exact) mass is 353 g/mol. The first kappa shape index (κ1) is 17.1. The van der Waals surface area contributed by atoms with Crippen molar-refractivity contribution in [2.45, 2.75) is 18.9 Å². The molecule has 2 N–H and O–H groups in total. The van der Waals surface area contributed by atoms with Crippen LogP contribution >= 0.6 is 0 Å². The van der Waals surface area contributed by atoms with Crippen molar-refractivity contribution in [2.75, 3.05) is 39.5 Å². The van der Waals surface area contributed by atoms with Crippen LogP contribution in [0.25, 0.3) is 0 Å². The fraction of sp³-hybridized carbons (Fsp3) is 0.600. The molecule has 24 heavy (non-hydrogen) atoms. The average Bonchev–Trinajstić information content (AvgIpc) is 2.87. The molecule has 2 bridgehead atoms. The van der Waals surface area contributed by atoms with E-state index in [1.807, 2.05) is 0 Å². The van der Waals surface area contributed by atoms with Crippen molar-refractivity contribution < 1.29 is 13.2 Å². The van der Waals surface area contributed by atoms with Gasteiger partial charge in [-0.15, -0.1) is 0 Å².